The second-order valence-electron chi connectivity index (χ2n) is 13.9. The van der Waals surface area contributed by atoms with Crippen molar-refractivity contribution in [3.63, 3.8) is 0 Å². The second kappa shape index (κ2) is 17.4. The zero-order chi connectivity index (χ0) is 38.9. The van der Waals surface area contributed by atoms with Gasteiger partial charge in [-0.3, -0.25) is 4.98 Å². The highest BCUT2D eigenvalue weighted by molar-refractivity contribution is 5.92. The van der Waals surface area contributed by atoms with Crippen LogP contribution in [0.15, 0.2) is 195 Å². The summed E-state index contributed by atoms with van der Waals surface area (Å²) in [5.41, 5.74) is 16.5. The number of aryl methyl sites for hydroxylation is 2. The maximum Gasteiger partial charge on any atom is 0.0468 e. The zero-order valence-electron chi connectivity index (χ0n) is 32.4. The molecule has 8 rings (SSSR count). The topological polar surface area (TPSA) is 16.1 Å². The Morgan fingerprint density at radius 2 is 0.946 bits per heavy atom. The summed E-state index contributed by atoms with van der Waals surface area (Å²) in [6.45, 7) is 14.0. The largest absolute Gasteiger partial charge is 0.310 e. The Hall–Kier alpha value is -7.03. The van der Waals surface area contributed by atoms with Crippen molar-refractivity contribution in [3.05, 3.63) is 223 Å². The maximum absolute atomic E-state index is 3.89. The molecule has 1 aromatic heterocycles. The Bertz CT molecular complexity index is 2600. The lowest BCUT2D eigenvalue weighted by molar-refractivity contribution is 1.27. The van der Waals surface area contributed by atoms with E-state index in [1.165, 1.54) is 60.8 Å². The van der Waals surface area contributed by atoms with Gasteiger partial charge in [-0.1, -0.05) is 147 Å². The fourth-order valence-corrected chi connectivity index (χ4v) is 6.86. The standard InChI is InChI=1S/C48H39N.C6H7N/c1-5-8-41-31-42(14-9-34(41)4)40-23-28-47(29-24-40)49(46-26-21-38(22-27-46)37-15-10-35(6-2)11-16-37)48-30-25-44-32-43(19-20-45(44)33-48)39-17-12-36(7-3)13-18-39;1-6-3-2-4-7-5-6/h5-33H,2-3H2,1,4H3;2-5H,1H3/b8-5-;. The average molecular weight is 723 g/mol. The lowest BCUT2D eigenvalue weighted by Gasteiger charge is -2.26. The number of fused-ring (bicyclic) bond motifs is 1. The van der Waals surface area contributed by atoms with E-state index >= 15 is 0 Å². The van der Waals surface area contributed by atoms with Gasteiger partial charge in [-0.05, 0) is 147 Å². The van der Waals surface area contributed by atoms with Gasteiger partial charge in [-0.2, -0.15) is 0 Å². The molecular weight excluding hydrogens is 677 g/mol. The van der Waals surface area contributed by atoms with Gasteiger partial charge in [-0.15, -0.1) is 0 Å². The number of benzene rings is 7. The monoisotopic (exact) mass is 722 g/mol. The fraction of sp³-hybridized carbons (Fsp3) is 0.0556. The van der Waals surface area contributed by atoms with Gasteiger partial charge in [0, 0.05) is 29.5 Å². The quantitative estimate of drug-likeness (QED) is 0.147. The van der Waals surface area contributed by atoms with E-state index in [9.17, 15) is 0 Å². The van der Waals surface area contributed by atoms with E-state index in [0.717, 1.165) is 28.2 Å². The van der Waals surface area contributed by atoms with Crippen LogP contribution in [0.3, 0.4) is 0 Å². The summed E-state index contributed by atoms with van der Waals surface area (Å²) >= 11 is 0. The van der Waals surface area contributed by atoms with E-state index in [0.29, 0.717) is 0 Å². The highest BCUT2D eigenvalue weighted by Crippen LogP contribution is 2.39. The van der Waals surface area contributed by atoms with Crippen LogP contribution in [0.5, 0.6) is 0 Å². The fourth-order valence-electron chi connectivity index (χ4n) is 6.86. The molecule has 0 atom stereocenters. The minimum absolute atomic E-state index is 1.10. The van der Waals surface area contributed by atoms with Crippen LogP contribution < -0.4 is 4.90 Å². The molecule has 0 amide bonds. The third kappa shape index (κ3) is 8.67. The van der Waals surface area contributed by atoms with Gasteiger partial charge in [0.25, 0.3) is 0 Å². The molecule has 7 aromatic carbocycles. The first-order valence-electron chi connectivity index (χ1n) is 19.0. The average Bonchev–Trinajstić information content (AvgIpc) is 3.25. The Labute approximate surface area is 332 Å². The number of aromatic nitrogens is 1. The predicted octanol–water partition coefficient (Wildman–Crippen LogP) is 15.3. The molecule has 2 heteroatoms. The van der Waals surface area contributed by atoms with E-state index in [1.54, 1.807) is 6.20 Å². The molecule has 0 N–H and O–H groups in total. The van der Waals surface area contributed by atoms with Crippen LogP contribution in [0.2, 0.25) is 0 Å². The molecule has 0 saturated heterocycles. The van der Waals surface area contributed by atoms with Gasteiger partial charge in [-0.25, -0.2) is 0 Å². The van der Waals surface area contributed by atoms with E-state index < -0.39 is 0 Å². The SMILES string of the molecule is C=Cc1ccc(-c2ccc(N(c3ccc(-c4ccc(C)c(/C=C\C)c4)cc3)c3ccc4cc(-c5ccc(C=C)cc5)ccc4c3)cc2)cc1.Cc1cccnc1. The lowest BCUT2D eigenvalue weighted by Crippen LogP contribution is -2.09. The van der Waals surface area contributed by atoms with E-state index in [4.69, 9.17) is 0 Å². The van der Waals surface area contributed by atoms with Crippen molar-refractivity contribution in [2.24, 2.45) is 0 Å². The van der Waals surface area contributed by atoms with E-state index in [-0.39, 0.29) is 0 Å². The van der Waals surface area contributed by atoms with Crippen molar-refractivity contribution in [1.82, 2.24) is 4.98 Å². The first-order valence-corrected chi connectivity index (χ1v) is 19.0. The predicted molar refractivity (Wildman–Crippen MR) is 244 cm³/mol. The van der Waals surface area contributed by atoms with Gasteiger partial charge in [0.1, 0.15) is 0 Å². The maximum atomic E-state index is 3.89. The smallest absolute Gasteiger partial charge is 0.0468 e. The first kappa shape index (κ1) is 37.3. The number of hydrogen-bond donors (Lipinski definition) is 0. The summed E-state index contributed by atoms with van der Waals surface area (Å²) in [4.78, 5) is 6.23. The molecule has 0 aliphatic rings. The van der Waals surface area contributed by atoms with Crippen LogP contribution in [-0.4, -0.2) is 4.98 Å². The number of allylic oxidation sites excluding steroid dienone is 1. The van der Waals surface area contributed by atoms with Gasteiger partial charge in [0.05, 0.1) is 0 Å². The molecule has 272 valence electrons. The summed E-state index contributed by atoms with van der Waals surface area (Å²) in [6.07, 6.45) is 11.6. The van der Waals surface area contributed by atoms with Crippen molar-refractivity contribution in [2.75, 3.05) is 4.90 Å². The van der Waals surface area contributed by atoms with Crippen molar-refractivity contribution in [3.8, 4) is 33.4 Å². The summed E-state index contributed by atoms with van der Waals surface area (Å²) in [5.74, 6) is 0. The number of pyridine rings is 1. The van der Waals surface area contributed by atoms with Gasteiger partial charge >= 0.3 is 0 Å². The van der Waals surface area contributed by atoms with Gasteiger partial charge in [0.2, 0.25) is 0 Å². The van der Waals surface area contributed by atoms with Gasteiger partial charge < -0.3 is 4.90 Å². The molecule has 2 nitrogen and oxygen atoms in total. The Balaban J connectivity index is 0.000000620. The molecule has 0 unspecified atom stereocenters. The van der Waals surface area contributed by atoms with Crippen LogP contribution >= 0.6 is 0 Å². The van der Waals surface area contributed by atoms with Crippen LogP contribution in [0.1, 0.15) is 34.7 Å². The highest BCUT2D eigenvalue weighted by Gasteiger charge is 2.15. The molecule has 1 heterocycles. The molecule has 56 heavy (non-hydrogen) atoms. The molecule has 0 aliphatic heterocycles. The zero-order valence-corrected chi connectivity index (χ0v) is 32.4. The molecule has 0 saturated carbocycles. The molecule has 0 bridgehead atoms. The molecular formula is C54H46N2. The van der Waals surface area contributed by atoms with Crippen LogP contribution in [0.25, 0.3) is 62.4 Å². The lowest BCUT2D eigenvalue weighted by atomic mass is 9.98. The summed E-state index contributed by atoms with van der Waals surface area (Å²) in [5, 5.41) is 2.40. The molecule has 0 spiro atoms. The highest BCUT2D eigenvalue weighted by atomic mass is 15.1. The van der Waals surface area contributed by atoms with Crippen LogP contribution in [0, 0.1) is 13.8 Å². The molecule has 0 radical (unpaired) electrons. The van der Waals surface area contributed by atoms with Crippen molar-refractivity contribution in [1.29, 1.82) is 0 Å². The van der Waals surface area contributed by atoms with Crippen molar-refractivity contribution in [2.45, 2.75) is 20.8 Å². The minimum Gasteiger partial charge on any atom is -0.310 e. The normalized spacial score (nSPS) is 10.8. The Morgan fingerprint density at radius 1 is 0.482 bits per heavy atom. The Morgan fingerprint density at radius 3 is 1.45 bits per heavy atom. The molecule has 8 aromatic rings. The number of rotatable bonds is 9. The summed E-state index contributed by atoms with van der Waals surface area (Å²) in [6, 6.07) is 58.9. The third-order valence-electron chi connectivity index (χ3n) is 10.1. The number of nitrogens with zero attached hydrogens (tertiary/aromatic N) is 2. The first-order chi connectivity index (χ1) is 27.4. The second-order valence-corrected chi connectivity index (χ2v) is 13.9. The Kier molecular flexibility index (Phi) is 11.6. The molecule has 0 fully saturated rings. The van der Waals surface area contributed by atoms with Crippen LogP contribution in [0.4, 0.5) is 17.1 Å². The minimum atomic E-state index is 1.10. The van der Waals surface area contributed by atoms with E-state index in [2.05, 4.69) is 201 Å². The summed E-state index contributed by atoms with van der Waals surface area (Å²) in [7, 11) is 0. The van der Waals surface area contributed by atoms with Crippen molar-refractivity contribution < 1.29 is 0 Å². The molecule has 0 aliphatic carbocycles. The number of hydrogen-bond acceptors (Lipinski definition) is 2. The van der Waals surface area contributed by atoms with E-state index in [1.807, 2.05) is 37.4 Å². The number of anilines is 3. The van der Waals surface area contributed by atoms with Gasteiger partial charge in [0.15, 0.2) is 0 Å². The van der Waals surface area contributed by atoms with Crippen molar-refractivity contribution >= 4 is 46.1 Å². The van der Waals surface area contributed by atoms with Crippen LogP contribution in [-0.2, 0) is 0 Å². The summed E-state index contributed by atoms with van der Waals surface area (Å²) < 4.78 is 0. The third-order valence-corrected chi connectivity index (χ3v) is 10.1.